The average Bonchev–Trinajstić information content (AvgIpc) is 2.89. The number of hydrogen-bond acceptors (Lipinski definition) is 3. The van der Waals surface area contributed by atoms with Crippen LogP contribution in [-0.4, -0.2) is 26.8 Å². The van der Waals surface area contributed by atoms with Gasteiger partial charge >= 0.3 is 5.97 Å². The first-order valence-corrected chi connectivity index (χ1v) is 7.35. The minimum Gasteiger partial charge on any atom is -0.481 e. The lowest BCUT2D eigenvalue weighted by molar-refractivity contribution is -0.140. The Morgan fingerprint density at radius 3 is 2.38 bits per heavy atom. The SMILES string of the molecule is Cc1nn(C)c(C)c1NC(=O)CC1(CC(=O)O)CCCC1. The summed E-state index contributed by atoms with van der Waals surface area (Å²) in [5.41, 5.74) is 2.05. The average molecular weight is 293 g/mol. The molecular weight excluding hydrogens is 270 g/mol. The van der Waals surface area contributed by atoms with Crippen molar-refractivity contribution in [2.24, 2.45) is 12.5 Å². The molecule has 0 atom stereocenters. The number of carboxylic acid groups (broad SMARTS) is 1. The van der Waals surface area contributed by atoms with Crippen LogP contribution in [0.15, 0.2) is 0 Å². The molecule has 2 N–H and O–H groups in total. The van der Waals surface area contributed by atoms with E-state index in [0.717, 1.165) is 42.8 Å². The maximum Gasteiger partial charge on any atom is 0.303 e. The molecule has 0 aromatic carbocycles. The van der Waals surface area contributed by atoms with Crippen molar-refractivity contribution in [1.29, 1.82) is 0 Å². The molecule has 1 saturated carbocycles. The second kappa shape index (κ2) is 5.87. The van der Waals surface area contributed by atoms with Gasteiger partial charge in [-0.05, 0) is 32.1 Å². The number of anilines is 1. The van der Waals surface area contributed by atoms with Gasteiger partial charge in [0.05, 0.1) is 23.5 Å². The van der Waals surface area contributed by atoms with Crippen molar-refractivity contribution in [2.45, 2.75) is 52.4 Å². The van der Waals surface area contributed by atoms with E-state index in [-0.39, 0.29) is 24.2 Å². The molecule has 1 aromatic rings. The Labute approximate surface area is 124 Å². The molecule has 1 aliphatic carbocycles. The maximum atomic E-state index is 12.3. The van der Waals surface area contributed by atoms with Crippen LogP contribution in [0.5, 0.6) is 0 Å². The van der Waals surface area contributed by atoms with Crippen LogP contribution in [0, 0.1) is 19.3 Å². The Kier molecular flexibility index (Phi) is 4.34. The molecule has 6 heteroatoms. The number of hydrogen-bond donors (Lipinski definition) is 2. The summed E-state index contributed by atoms with van der Waals surface area (Å²) in [4.78, 5) is 23.4. The van der Waals surface area contributed by atoms with Crippen LogP contribution in [-0.2, 0) is 16.6 Å². The fourth-order valence-electron chi connectivity index (χ4n) is 3.34. The molecule has 116 valence electrons. The topological polar surface area (TPSA) is 84.2 Å². The number of amides is 1. The van der Waals surface area contributed by atoms with E-state index in [1.54, 1.807) is 4.68 Å². The van der Waals surface area contributed by atoms with E-state index in [4.69, 9.17) is 5.11 Å². The van der Waals surface area contributed by atoms with Gasteiger partial charge in [0, 0.05) is 13.5 Å². The molecule has 0 bridgehead atoms. The van der Waals surface area contributed by atoms with Gasteiger partial charge in [0.2, 0.25) is 5.91 Å². The molecule has 21 heavy (non-hydrogen) atoms. The molecule has 0 saturated heterocycles. The van der Waals surface area contributed by atoms with Gasteiger partial charge in [0.1, 0.15) is 0 Å². The van der Waals surface area contributed by atoms with E-state index in [0.29, 0.717) is 0 Å². The van der Waals surface area contributed by atoms with Crippen LogP contribution >= 0.6 is 0 Å². The Morgan fingerprint density at radius 1 is 1.29 bits per heavy atom. The molecule has 0 unspecified atom stereocenters. The first kappa shape index (κ1) is 15.5. The zero-order valence-electron chi connectivity index (χ0n) is 12.9. The number of aryl methyl sites for hydroxylation is 2. The van der Waals surface area contributed by atoms with Gasteiger partial charge in [-0.1, -0.05) is 12.8 Å². The molecule has 0 spiro atoms. The number of nitrogens with zero attached hydrogens (tertiary/aromatic N) is 2. The van der Waals surface area contributed by atoms with E-state index in [2.05, 4.69) is 10.4 Å². The molecule has 1 aromatic heterocycles. The molecule has 1 amide bonds. The van der Waals surface area contributed by atoms with E-state index in [9.17, 15) is 9.59 Å². The van der Waals surface area contributed by atoms with Crippen LogP contribution < -0.4 is 5.32 Å². The maximum absolute atomic E-state index is 12.3. The largest absolute Gasteiger partial charge is 0.481 e. The van der Waals surface area contributed by atoms with Crippen molar-refractivity contribution in [1.82, 2.24) is 9.78 Å². The third-order valence-electron chi connectivity index (χ3n) is 4.50. The molecule has 1 heterocycles. The minimum absolute atomic E-state index is 0.0748. The third kappa shape index (κ3) is 3.43. The van der Waals surface area contributed by atoms with E-state index >= 15 is 0 Å². The quantitative estimate of drug-likeness (QED) is 0.873. The Hall–Kier alpha value is -1.85. The lowest BCUT2D eigenvalue weighted by Crippen LogP contribution is -2.28. The highest BCUT2D eigenvalue weighted by Crippen LogP contribution is 2.44. The fraction of sp³-hybridized carbons (Fsp3) is 0.667. The molecule has 0 aliphatic heterocycles. The van der Waals surface area contributed by atoms with E-state index in [1.165, 1.54) is 0 Å². The second-order valence-electron chi connectivity index (χ2n) is 6.17. The van der Waals surface area contributed by atoms with Gasteiger partial charge in [0.15, 0.2) is 0 Å². The highest BCUT2D eigenvalue weighted by atomic mass is 16.4. The van der Waals surface area contributed by atoms with Gasteiger partial charge < -0.3 is 10.4 Å². The first-order valence-electron chi connectivity index (χ1n) is 7.35. The Balaban J connectivity index is 2.08. The Morgan fingerprint density at radius 2 is 1.90 bits per heavy atom. The smallest absolute Gasteiger partial charge is 0.303 e. The summed E-state index contributed by atoms with van der Waals surface area (Å²) in [6.45, 7) is 3.75. The molecule has 2 rings (SSSR count). The summed E-state index contributed by atoms with van der Waals surface area (Å²) in [6.07, 6.45) is 3.99. The monoisotopic (exact) mass is 293 g/mol. The number of carboxylic acids is 1. The summed E-state index contributed by atoms with van der Waals surface area (Å²) in [5.74, 6) is -0.934. The lowest BCUT2D eigenvalue weighted by Gasteiger charge is -2.26. The molecular formula is C15H23N3O3. The lowest BCUT2D eigenvalue weighted by atomic mass is 9.79. The van der Waals surface area contributed by atoms with Crippen LogP contribution in [0.1, 0.15) is 49.9 Å². The van der Waals surface area contributed by atoms with E-state index < -0.39 is 5.97 Å². The fourth-order valence-corrected chi connectivity index (χ4v) is 3.34. The summed E-state index contributed by atoms with van der Waals surface area (Å²) < 4.78 is 1.73. The molecule has 1 fully saturated rings. The van der Waals surface area contributed by atoms with Crippen molar-refractivity contribution in [3.63, 3.8) is 0 Å². The molecule has 1 aliphatic rings. The number of nitrogens with one attached hydrogen (secondary N) is 1. The number of aromatic nitrogens is 2. The number of rotatable bonds is 5. The molecule has 0 radical (unpaired) electrons. The zero-order valence-corrected chi connectivity index (χ0v) is 12.9. The predicted octanol–water partition coefficient (Wildman–Crippen LogP) is 2.40. The summed E-state index contributed by atoms with van der Waals surface area (Å²) >= 11 is 0. The summed E-state index contributed by atoms with van der Waals surface area (Å²) in [7, 11) is 1.83. The van der Waals surface area contributed by atoms with Crippen molar-refractivity contribution < 1.29 is 14.7 Å². The van der Waals surface area contributed by atoms with Crippen LogP contribution in [0.2, 0.25) is 0 Å². The van der Waals surface area contributed by atoms with Crippen molar-refractivity contribution >= 4 is 17.6 Å². The summed E-state index contributed by atoms with van der Waals surface area (Å²) in [6, 6.07) is 0. The Bertz CT molecular complexity index is 557. The van der Waals surface area contributed by atoms with Gasteiger partial charge in [-0.15, -0.1) is 0 Å². The van der Waals surface area contributed by atoms with Crippen LogP contribution in [0.3, 0.4) is 0 Å². The second-order valence-corrected chi connectivity index (χ2v) is 6.17. The van der Waals surface area contributed by atoms with Crippen molar-refractivity contribution in [3.05, 3.63) is 11.4 Å². The van der Waals surface area contributed by atoms with Gasteiger partial charge in [-0.2, -0.15) is 5.10 Å². The zero-order chi connectivity index (χ0) is 15.6. The van der Waals surface area contributed by atoms with Crippen molar-refractivity contribution in [3.8, 4) is 0 Å². The van der Waals surface area contributed by atoms with Crippen LogP contribution in [0.4, 0.5) is 5.69 Å². The highest BCUT2D eigenvalue weighted by molar-refractivity contribution is 5.92. The number of carbonyl (C=O) groups excluding carboxylic acids is 1. The highest BCUT2D eigenvalue weighted by Gasteiger charge is 2.38. The van der Waals surface area contributed by atoms with Crippen molar-refractivity contribution in [2.75, 3.05) is 5.32 Å². The number of aliphatic carboxylic acids is 1. The van der Waals surface area contributed by atoms with Gasteiger partial charge in [-0.25, -0.2) is 0 Å². The van der Waals surface area contributed by atoms with E-state index in [1.807, 2.05) is 20.9 Å². The molecule has 6 nitrogen and oxygen atoms in total. The third-order valence-corrected chi connectivity index (χ3v) is 4.50. The predicted molar refractivity (Wildman–Crippen MR) is 79.1 cm³/mol. The number of carbonyl (C=O) groups is 2. The first-order chi connectivity index (χ1) is 9.83. The minimum atomic E-state index is -0.821. The summed E-state index contributed by atoms with van der Waals surface area (Å²) in [5, 5.41) is 16.3. The van der Waals surface area contributed by atoms with Gasteiger partial charge in [-0.3, -0.25) is 14.3 Å². The normalized spacial score (nSPS) is 16.9. The van der Waals surface area contributed by atoms with Crippen LogP contribution in [0.25, 0.3) is 0 Å². The standard InChI is InChI=1S/C15H23N3O3/c1-10-14(11(2)18(3)17-10)16-12(19)8-15(9-13(20)21)6-4-5-7-15/h4-9H2,1-3H3,(H,16,19)(H,20,21). The van der Waals surface area contributed by atoms with Gasteiger partial charge in [0.25, 0.3) is 0 Å².